The number of benzene rings is 1. The van der Waals surface area contributed by atoms with Crippen LogP contribution in [0.15, 0.2) is 24.3 Å². The van der Waals surface area contributed by atoms with Crippen molar-refractivity contribution in [1.29, 1.82) is 0 Å². The Hall–Kier alpha value is -1.42. The summed E-state index contributed by atoms with van der Waals surface area (Å²) in [6.07, 6.45) is 4.10. The summed E-state index contributed by atoms with van der Waals surface area (Å²) in [7, 11) is 0. The Morgan fingerprint density at radius 1 is 1.20 bits per heavy atom. The Morgan fingerprint density at radius 3 is 2.70 bits per heavy atom. The molecule has 1 aromatic heterocycles. The Kier molecular flexibility index (Phi) is 2.15. The van der Waals surface area contributed by atoms with E-state index >= 15 is 0 Å². The molecule has 20 heavy (non-hydrogen) atoms. The van der Waals surface area contributed by atoms with Crippen molar-refractivity contribution in [1.82, 2.24) is 4.98 Å². The Labute approximate surface area is 121 Å². The minimum Gasteiger partial charge on any atom is -0.302 e. The summed E-state index contributed by atoms with van der Waals surface area (Å²) in [5.41, 5.74) is 0.976. The standard InChI is InChI=1S/C16H16N2OS/c19-15(14-12-8-5-6-9(7-8)13(12)14)18-16-17-10-3-1-2-4-11(10)20-16/h1-4,8-9,12-14H,5-7H2,(H,17,18,19). The molecular formula is C16H16N2OS. The van der Waals surface area contributed by atoms with Crippen molar-refractivity contribution in [3.05, 3.63) is 24.3 Å². The number of nitrogens with one attached hydrogen (secondary N) is 1. The summed E-state index contributed by atoms with van der Waals surface area (Å²) in [5, 5.41) is 3.82. The number of hydrogen-bond donors (Lipinski definition) is 1. The maximum absolute atomic E-state index is 12.4. The van der Waals surface area contributed by atoms with E-state index in [2.05, 4.69) is 16.4 Å². The van der Waals surface area contributed by atoms with E-state index in [-0.39, 0.29) is 11.8 Å². The molecule has 0 saturated heterocycles. The average molecular weight is 284 g/mol. The van der Waals surface area contributed by atoms with Gasteiger partial charge >= 0.3 is 0 Å². The van der Waals surface area contributed by atoms with Gasteiger partial charge < -0.3 is 5.32 Å². The molecule has 1 aromatic carbocycles. The lowest BCUT2D eigenvalue weighted by Crippen LogP contribution is -2.18. The number of carbonyl (C=O) groups is 1. The molecule has 1 heterocycles. The zero-order valence-corrected chi connectivity index (χ0v) is 11.9. The maximum Gasteiger partial charge on any atom is 0.229 e. The van der Waals surface area contributed by atoms with Crippen molar-refractivity contribution in [3.63, 3.8) is 0 Å². The minimum absolute atomic E-state index is 0.218. The van der Waals surface area contributed by atoms with Crippen LogP contribution in [-0.2, 0) is 4.79 Å². The second-order valence-electron chi connectivity index (χ2n) is 6.49. The number of para-hydroxylation sites is 1. The van der Waals surface area contributed by atoms with Crippen LogP contribution >= 0.6 is 11.3 Å². The fourth-order valence-electron chi connectivity index (χ4n) is 4.79. The van der Waals surface area contributed by atoms with Crippen LogP contribution in [0.4, 0.5) is 5.13 Å². The molecule has 4 heteroatoms. The third-order valence-electron chi connectivity index (χ3n) is 5.56. The molecule has 3 aliphatic carbocycles. The molecule has 3 aliphatic rings. The van der Waals surface area contributed by atoms with Crippen molar-refractivity contribution in [2.24, 2.45) is 29.6 Å². The van der Waals surface area contributed by atoms with Crippen molar-refractivity contribution in [2.75, 3.05) is 5.32 Å². The van der Waals surface area contributed by atoms with E-state index in [1.165, 1.54) is 19.3 Å². The van der Waals surface area contributed by atoms with E-state index < -0.39 is 0 Å². The lowest BCUT2D eigenvalue weighted by atomic mass is 10.0. The second-order valence-corrected chi connectivity index (χ2v) is 7.52. The number of aromatic nitrogens is 1. The molecule has 0 radical (unpaired) electrons. The van der Waals surface area contributed by atoms with E-state index in [1.807, 2.05) is 18.2 Å². The molecule has 3 fully saturated rings. The third-order valence-corrected chi connectivity index (χ3v) is 6.51. The molecule has 5 rings (SSSR count). The van der Waals surface area contributed by atoms with Crippen LogP contribution in [0.25, 0.3) is 10.2 Å². The average Bonchev–Trinajstić information content (AvgIpc) is 2.78. The van der Waals surface area contributed by atoms with Crippen LogP contribution in [0.1, 0.15) is 19.3 Å². The Bertz CT molecular complexity index is 660. The zero-order chi connectivity index (χ0) is 13.3. The lowest BCUT2D eigenvalue weighted by Gasteiger charge is -2.07. The summed E-state index contributed by atoms with van der Waals surface area (Å²) in [6, 6.07) is 8.04. The predicted octanol–water partition coefficient (Wildman–Crippen LogP) is 3.53. The number of hydrogen-bond acceptors (Lipinski definition) is 3. The summed E-state index contributed by atoms with van der Waals surface area (Å²) in [5.74, 6) is 3.59. The normalized spacial score (nSPS) is 37.1. The van der Waals surface area contributed by atoms with Crippen molar-refractivity contribution in [2.45, 2.75) is 19.3 Å². The smallest absolute Gasteiger partial charge is 0.229 e. The topological polar surface area (TPSA) is 42.0 Å². The van der Waals surface area contributed by atoms with Gasteiger partial charge in [-0.15, -0.1) is 0 Å². The van der Waals surface area contributed by atoms with E-state index in [0.29, 0.717) is 11.8 Å². The zero-order valence-electron chi connectivity index (χ0n) is 11.1. The lowest BCUT2D eigenvalue weighted by molar-refractivity contribution is -0.118. The fourth-order valence-corrected chi connectivity index (χ4v) is 5.66. The van der Waals surface area contributed by atoms with E-state index in [4.69, 9.17) is 0 Å². The molecule has 0 spiro atoms. The molecular weight excluding hydrogens is 268 g/mol. The highest BCUT2D eigenvalue weighted by Gasteiger charge is 2.67. The molecule has 2 bridgehead atoms. The second kappa shape index (κ2) is 3.82. The predicted molar refractivity (Wildman–Crippen MR) is 79.6 cm³/mol. The summed E-state index contributed by atoms with van der Waals surface area (Å²) in [4.78, 5) is 16.9. The first-order valence-corrected chi connectivity index (χ1v) is 8.29. The van der Waals surface area contributed by atoms with Gasteiger partial charge in [0, 0.05) is 5.92 Å². The number of amides is 1. The van der Waals surface area contributed by atoms with Crippen molar-refractivity contribution < 1.29 is 4.79 Å². The summed E-state index contributed by atoms with van der Waals surface area (Å²) >= 11 is 1.57. The number of fused-ring (bicyclic) bond motifs is 6. The van der Waals surface area contributed by atoms with Crippen molar-refractivity contribution in [3.8, 4) is 0 Å². The highest BCUT2D eigenvalue weighted by Crippen LogP contribution is 2.69. The Morgan fingerprint density at radius 2 is 1.95 bits per heavy atom. The quantitative estimate of drug-likeness (QED) is 0.916. The molecule has 4 atom stereocenters. The number of carbonyl (C=O) groups excluding carboxylic acids is 1. The number of nitrogens with zero attached hydrogens (tertiary/aromatic N) is 1. The first-order valence-electron chi connectivity index (χ1n) is 7.48. The number of rotatable bonds is 2. The molecule has 1 N–H and O–H groups in total. The van der Waals surface area contributed by atoms with Crippen LogP contribution in [0.3, 0.4) is 0 Å². The molecule has 102 valence electrons. The molecule has 3 saturated carbocycles. The van der Waals surface area contributed by atoms with Crippen LogP contribution in [0.5, 0.6) is 0 Å². The fraction of sp³-hybridized carbons (Fsp3) is 0.500. The maximum atomic E-state index is 12.4. The van der Waals surface area contributed by atoms with E-state index in [9.17, 15) is 4.79 Å². The van der Waals surface area contributed by atoms with Gasteiger partial charge in [0.15, 0.2) is 5.13 Å². The first kappa shape index (κ1) is 11.3. The van der Waals surface area contributed by atoms with Gasteiger partial charge in [0.2, 0.25) is 5.91 Å². The van der Waals surface area contributed by atoms with E-state index in [0.717, 1.165) is 27.2 Å². The summed E-state index contributed by atoms with van der Waals surface area (Å²) in [6.45, 7) is 0. The molecule has 2 aromatic rings. The SMILES string of the molecule is O=C(Nc1nc2ccccc2s1)C1C2C3CCC(C3)C12. The number of thiazole rings is 1. The van der Waals surface area contributed by atoms with Crippen LogP contribution in [-0.4, -0.2) is 10.9 Å². The van der Waals surface area contributed by atoms with Crippen molar-refractivity contribution >= 4 is 32.6 Å². The van der Waals surface area contributed by atoms with Gasteiger partial charge in [-0.2, -0.15) is 0 Å². The van der Waals surface area contributed by atoms with Gasteiger partial charge in [-0.25, -0.2) is 4.98 Å². The first-order chi connectivity index (χ1) is 9.81. The van der Waals surface area contributed by atoms with Gasteiger partial charge in [-0.1, -0.05) is 23.5 Å². The van der Waals surface area contributed by atoms with Gasteiger partial charge in [0.1, 0.15) is 0 Å². The van der Waals surface area contributed by atoms with Gasteiger partial charge in [0.05, 0.1) is 10.2 Å². The van der Waals surface area contributed by atoms with Crippen LogP contribution in [0, 0.1) is 29.6 Å². The molecule has 3 nitrogen and oxygen atoms in total. The highest BCUT2D eigenvalue weighted by molar-refractivity contribution is 7.22. The van der Waals surface area contributed by atoms with E-state index in [1.54, 1.807) is 11.3 Å². The molecule has 4 unspecified atom stereocenters. The Balaban J connectivity index is 1.36. The minimum atomic E-state index is 0.218. The molecule has 0 aliphatic heterocycles. The number of anilines is 1. The van der Waals surface area contributed by atoms with Crippen LogP contribution in [0.2, 0.25) is 0 Å². The third kappa shape index (κ3) is 1.46. The monoisotopic (exact) mass is 284 g/mol. The van der Waals surface area contributed by atoms with Gasteiger partial charge in [-0.05, 0) is 55.1 Å². The van der Waals surface area contributed by atoms with Gasteiger partial charge in [-0.3, -0.25) is 4.79 Å². The summed E-state index contributed by atoms with van der Waals surface area (Å²) < 4.78 is 1.14. The highest BCUT2D eigenvalue weighted by atomic mass is 32.1. The molecule has 1 amide bonds. The van der Waals surface area contributed by atoms with Gasteiger partial charge in [0.25, 0.3) is 0 Å². The largest absolute Gasteiger partial charge is 0.302 e. The van der Waals surface area contributed by atoms with Crippen LogP contribution < -0.4 is 5.32 Å².